The van der Waals surface area contributed by atoms with E-state index in [-0.39, 0.29) is 6.61 Å². The Balaban J connectivity index is 3.42. The summed E-state index contributed by atoms with van der Waals surface area (Å²) in [5.41, 5.74) is 0. The average Bonchev–Trinajstić information content (AvgIpc) is 2.54. The van der Waals surface area contributed by atoms with Crippen molar-refractivity contribution in [3.05, 3.63) is 24.3 Å². The molecule has 0 aromatic carbocycles. The second kappa shape index (κ2) is 15.7. The lowest BCUT2D eigenvalue weighted by molar-refractivity contribution is -0.153. The molecule has 0 amide bonds. The van der Waals surface area contributed by atoms with Gasteiger partial charge in [-0.25, -0.2) is 4.79 Å². The first kappa shape index (κ1) is 21.8. The van der Waals surface area contributed by atoms with Crippen LogP contribution in [-0.2, 0) is 4.79 Å². The number of aliphatic hydroxyl groups excluding tert-OH is 3. The third-order valence-corrected chi connectivity index (χ3v) is 3.65. The molecule has 2 unspecified atom stereocenters. The van der Waals surface area contributed by atoms with Crippen molar-refractivity contribution in [1.82, 2.24) is 0 Å². The van der Waals surface area contributed by atoms with Gasteiger partial charge >= 0.3 is 5.97 Å². The van der Waals surface area contributed by atoms with Gasteiger partial charge < -0.3 is 20.4 Å². The number of rotatable bonds is 15. The van der Waals surface area contributed by atoms with E-state index in [0.717, 1.165) is 51.4 Å². The van der Waals surface area contributed by atoms with Crippen LogP contribution in [0.1, 0.15) is 64.2 Å². The molecule has 0 saturated heterocycles. The van der Waals surface area contributed by atoms with E-state index in [9.17, 15) is 9.90 Å². The highest BCUT2D eigenvalue weighted by Gasteiger charge is 2.22. The maximum absolute atomic E-state index is 10.5. The number of aliphatic hydroxyl groups is 3. The molecule has 0 bridgehead atoms. The van der Waals surface area contributed by atoms with Crippen LogP contribution in [-0.4, -0.2) is 45.2 Å². The third-order valence-electron chi connectivity index (χ3n) is 3.65. The quantitative estimate of drug-likeness (QED) is 0.274. The van der Waals surface area contributed by atoms with Gasteiger partial charge in [0.15, 0.2) is 6.10 Å². The van der Waals surface area contributed by atoms with Gasteiger partial charge in [-0.05, 0) is 38.5 Å². The molecule has 0 spiro atoms. The largest absolute Gasteiger partial charge is 0.479 e. The first-order valence-electron chi connectivity index (χ1n) is 8.61. The molecule has 4 N–H and O–H groups in total. The molecule has 5 heteroatoms. The molecule has 2 atom stereocenters. The summed E-state index contributed by atoms with van der Waals surface area (Å²) in [7, 11) is 0. The van der Waals surface area contributed by atoms with Crippen molar-refractivity contribution in [3.8, 4) is 0 Å². The fourth-order valence-electron chi connectivity index (χ4n) is 2.19. The summed E-state index contributed by atoms with van der Waals surface area (Å²) in [6.45, 7) is 0.289. The Morgan fingerprint density at radius 3 is 1.87 bits per heavy atom. The highest BCUT2D eigenvalue weighted by molar-refractivity contribution is 5.72. The summed E-state index contributed by atoms with van der Waals surface area (Å²) in [5.74, 6) is -1.37. The standard InChI is InChI=1S/C18H32O5/c19-15-13-11-9-7-5-3-1-2-4-6-8-10-12-14-16(20)17(21)18(22)23/h1-4,16-17,19-21H,5-15H2,(H,22,23). The SMILES string of the molecule is O=C(O)C(O)C(O)CCCCCC=CC=CCCCCCCO. The lowest BCUT2D eigenvalue weighted by Crippen LogP contribution is -2.33. The fraction of sp³-hybridized carbons (Fsp3) is 0.722. The number of unbranched alkanes of at least 4 members (excludes halogenated alkanes) is 7. The summed E-state index contributed by atoms with van der Waals surface area (Å²) in [5, 5.41) is 35.7. The summed E-state index contributed by atoms with van der Waals surface area (Å²) in [6, 6.07) is 0. The molecule has 0 aromatic rings. The van der Waals surface area contributed by atoms with Gasteiger partial charge in [-0.15, -0.1) is 0 Å². The van der Waals surface area contributed by atoms with E-state index >= 15 is 0 Å². The summed E-state index contributed by atoms with van der Waals surface area (Å²) < 4.78 is 0. The van der Waals surface area contributed by atoms with E-state index in [4.69, 9.17) is 15.3 Å². The normalized spacial score (nSPS) is 14.6. The number of carbonyl (C=O) groups is 1. The van der Waals surface area contributed by atoms with Crippen LogP contribution in [0, 0.1) is 0 Å². The van der Waals surface area contributed by atoms with Crippen molar-refractivity contribution < 1.29 is 25.2 Å². The van der Waals surface area contributed by atoms with E-state index in [1.165, 1.54) is 0 Å². The molecule has 0 aliphatic carbocycles. The Kier molecular flexibility index (Phi) is 14.9. The van der Waals surface area contributed by atoms with Crippen LogP contribution in [0.15, 0.2) is 24.3 Å². The highest BCUT2D eigenvalue weighted by atomic mass is 16.4. The van der Waals surface area contributed by atoms with Gasteiger partial charge in [0, 0.05) is 6.61 Å². The molecule has 0 aromatic heterocycles. The van der Waals surface area contributed by atoms with E-state index < -0.39 is 18.2 Å². The van der Waals surface area contributed by atoms with E-state index in [1.807, 2.05) is 6.08 Å². The minimum Gasteiger partial charge on any atom is -0.479 e. The number of carboxylic acid groups (broad SMARTS) is 1. The van der Waals surface area contributed by atoms with Gasteiger partial charge in [-0.1, -0.05) is 50.0 Å². The second-order valence-electron chi connectivity index (χ2n) is 5.77. The van der Waals surface area contributed by atoms with Gasteiger partial charge in [0.25, 0.3) is 0 Å². The first-order chi connectivity index (χ1) is 11.1. The molecular weight excluding hydrogens is 296 g/mol. The Morgan fingerprint density at radius 1 is 0.826 bits per heavy atom. The minimum absolute atomic E-state index is 0.289. The van der Waals surface area contributed by atoms with Crippen molar-refractivity contribution in [2.24, 2.45) is 0 Å². The monoisotopic (exact) mass is 328 g/mol. The Morgan fingerprint density at radius 2 is 1.35 bits per heavy atom. The number of hydrogen-bond donors (Lipinski definition) is 4. The van der Waals surface area contributed by atoms with Crippen molar-refractivity contribution in [1.29, 1.82) is 0 Å². The van der Waals surface area contributed by atoms with Gasteiger partial charge in [-0.3, -0.25) is 0 Å². The molecule has 0 radical (unpaired) electrons. The minimum atomic E-state index is -1.68. The Labute approximate surface area is 139 Å². The predicted octanol–water partition coefficient (Wildman–Crippen LogP) is 2.80. The zero-order valence-electron chi connectivity index (χ0n) is 13.9. The van der Waals surface area contributed by atoms with Crippen molar-refractivity contribution in [2.75, 3.05) is 6.61 Å². The number of carboxylic acids is 1. The van der Waals surface area contributed by atoms with Crippen LogP contribution in [0.5, 0.6) is 0 Å². The molecule has 0 aliphatic rings. The van der Waals surface area contributed by atoms with Crippen molar-refractivity contribution >= 4 is 5.97 Å². The van der Waals surface area contributed by atoms with Crippen LogP contribution >= 0.6 is 0 Å². The lowest BCUT2D eigenvalue weighted by Gasteiger charge is -2.13. The molecule has 0 rings (SSSR count). The summed E-state index contributed by atoms with van der Waals surface area (Å²) in [6.07, 6.45) is 14.8. The van der Waals surface area contributed by atoms with Crippen LogP contribution < -0.4 is 0 Å². The maximum Gasteiger partial charge on any atom is 0.335 e. The van der Waals surface area contributed by atoms with Gasteiger partial charge in [0.1, 0.15) is 0 Å². The summed E-state index contributed by atoms with van der Waals surface area (Å²) in [4.78, 5) is 10.5. The summed E-state index contributed by atoms with van der Waals surface area (Å²) >= 11 is 0. The van der Waals surface area contributed by atoms with E-state index in [0.29, 0.717) is 12.8 Å². The average molecular weight is 328 g/mol. The van der Waals surface area contributed by atoms with Gasteiger partial charge in [0.2, 0.25) is 0 Å². The topological polar surface area (TPSA) is 98.0 Å². The smallest absolute Gasteiger partial charge is 0.335 e. The molecule has 0 aliphatic heterocycles. The molecule has 0 heterocycles. The fourth-order valence-corrected chi connectivity index (χ4v) is 2.19. The molecule has 0 saturated carbocycles. The predicted molar refractivity (Wildman–Crippen MR) is 91.2 cm³/mol. The van der Waals surface area contributed by atoms with E-state index in [2.05, 4.69) is 18.2 Å². The van der Waals surface area contributed by atoms with Gasteiger partial charge in [0.05, 0.1) is 6.10 Å². The second-order valence-corrected chi connectivity index (χ2v) is 5.77. The van der Waals surface area contributed by atoms with Crippen molar-refractivity contribution in [2.45, 2.75) is 76.4 Å². The zero-order chi connectivity index (χ0) is 17.3. The molecule has 5 nitrogen and oxygen atoms in total. The van der Waals surface area contributed by atoms with Crippen LogP contribution in [0.4, 0.5) is 0 Å². The number of hydrogen-bond acceptors (Lipinski definition) is 4. The van der Waals surface area contributed by atoms with Crippen LogP contribution in [0.25, 0.3) is 0 Å². The number of aliphatic carboxylic acids is 1. The molecule has 23 heavy (non-hydrogen) atoms. The van der Waals surface area contributed by atoms with Crippen molar-refractivity contribution in [3.63, 3.8) is 0 Å². The van der Waals surface area contributed by atoms with E-state index in [1.54, 1.807) is 0 Å². The number of allylic oxidation sites excluding steroid dienone is 4. The molecule has 0 fully saturated rings. The lowest BCUT2D eigenvalue weighted by atomic mass is 10.1. The molecular formula is C18H32O5. The van der Waals surface area contributed by atoms with Crippen LogP contribution in [0.2, 0.25) is 0 Å². The Bertz CT molecular complexity index is 338. The first-order valence-corrected chi connectivity index (χ1v) is 8.61. The maximum atomic E-state index is 10.5. The third kappa shape index (κ3) is 14.2. The zero-order valence-corrected chi connectivity index (χ0v) is 13.9. The highest BCUT2D eigenvalue weighted by Crippen LogP contribution is 2.09. The van der Waals surface area contributed by atoms with Crippen LogP contribution in [0.3, 0.4) is 0 Å². The molecule has 134 valence electrons. The van der Waals surface area contributed by atoms with Gasteiger partial charge in [-0.2, -0.15) is 0 Å². The Hall–Kier alpha value is -1.17.